The third-order valence-corrected chi connectivity index (χ3v) is 3.89. The van der Waals surface area contributed by atoms with Crippen molar-refractivity contribution < 1.29 is 9.59 Å². The van der Waals surface area contributed by atoms with Gasteiger partial charge >= 0.3 is 0 Å². The Kier molecular flexibility index (Phi) is 5.41. The van der Waals surface area contributed by atoms with E-state index in [9.17, 15) is 14.4 Å². The van der Waals surface area contributed by atoms with Gasteiger partial charge in [0.15, 0.2) is 0 Å². The van der Waals surface area contributed by atoms with Crippen LogP contribution in [0.3, 0.4) is 0 Å². The van der Waals surface area contributed by atoms with Crippen LogP contribution in [0.15, 0.2) is 71.5 Å². The topological polar surface area (TPSA) is 93.1 Å². The summed E-state index contributed by atoms with van der Waals surface area (Å²) in [6.45, 7) is 0. The smallest absolute Gasteiger partial charge is 0.276 e. The molecule has 0 unspecified atom stereocenters. The summed E-state index contributed by atoms with van der Waals surface area (Å²) < 4.78 is 1.18. The zero-order valence-corrected chi connectivity index (χ0v) is 14.7. The number of anilines is 1. The highest BCUT2D eigenvalue weighted by atomic mass is 16.2. The number of amides is 2. The summed E-state index contributed by atoms with van der Waals surface area (Å²) in [6.07, 6.45) is 0.272. The third-order valence-electron chi connectivity index (χ3n) is 3.89. The van der Waals surface area contributed by atoms with E-state index in [0.29, 0.717) is 11.4 Å². The van der Waals surface area contributed by atoms with Crippen molar-refractivity contribution in [2.45, 2.75) is 6.42 Å². The molecule has 0 radical (unpaired) electrons. The molecule has 0 aliphatic rings. The first-order chi connectivity index (χ1) is 13.1. The first kappa shape index (κ1) is 18.1. The molecule has 27 heavy (non-hydrogen) atoms. The highest BCUT2D eigenvalue weighted by molar-refractivity contribution is 6.02. The fraction of sp³-hybridized carbons (Fsp3) is 0.100. The number of rotatable bonds is 5. The van der Waals surface area contributed by atoms with Crippen LogP contribution in [-0.4, -0.2) is 28.6 Å². The van der Waals surface area contributed by atoms with Gasteiger partial charge in [-0.2, -0.15) is 9.78 Å². The molecule has 3 rings (SSSR count). The lowest BCUT2D eigenvalue weighted by molar-refractivity contribution is -0.119. The van der Waals surface area contributed by atoms with E-state index in [1.54, 1.807) is 55.6 Å². The van der Waals surface area contributed by atoms with E-state index in [1.807, 2.05) is 6.07 Å². The van der Waals surface area contributed by atoms with Gasteiger partial charge in [-0.25, -0.2) is 0 Å². The van der Waals surface area contributed by atoms with Crippen LogP contribution in [0.25, 0.3) is 5.69 Å². The molecule has 2 aromatic carbocycles. The molecular formula is C20H18N4O3. The summed E-state index contributed by atoms with van der Waals surface area (Å²) in [6, 6.07) is 18.5. The lowest BCUT2D eigenvalue weighted by Crippen LogP contribution is -2.24. The van der Waals surface area contributed by atoms with Gasteiger partial charge in [0.2, 0.25) is 5.91 Å². The van der Waals surface area contributed by atoms with Gasteiger partial charge in [0.1, 0.15) is 5.69 Å². The highest BCUT2D eigenvalue weighted by Crippen LogP contribution is 2.11. The van der Waals surface area contributed by atoms with Gasteiger partial charge in [0.25, 0.3) is 11.5 Å². The van der Waals surface area contributed by atoms with Crippen molar-refractivity contribution >= 4 is 17.5 Å². The molecule has 7 heteroatoms. The largest absolute Gasteiger partial charge is 0.359 e. The predicted octanol–water partition coefficient (Wildman–Crippen LogP) is 1.77. The summed E-state index contributed by atoms with van der Waals surface area (Å²) in [5.41, 5.74) is 1.78. The van der Waals surface area contributed by atoms with Crippen molar-refractivity contribution in [2.24, 2.45) is 0 Å². The standard InChI is InChI=1S/C20H18N4O3/c1-21-18(25)13-14-7-9-15(10-8-14)22-20(27)17-11-12-19(26)24(23-17)16-5-3-2-4-6-16/h2-12H,13H2,1H3,(H,21,25)(H,22,27). The normalized spacial score (nSPS) is 10.3. The molecule has 1 aromatic heterocycles. The fourth-order valence-corrected chi connectivity index (χ4v) is 2.46. The van der Waals surface area contributed by atoms with Crippen LogP contribution in [0.4, 0.5) is 5.69 Å². The minimum Gasteiger partial charge on any atom is -0.359 e. The molecule has 3 aromatic rings. The van der Waals surface area contributed by atoms with Crippen molar-refractivity contribution in [1.82, 2.24) is 15.1 Å². The van der Waals surface area contributed by atoms with Crippen molar-refractivity contribution in [3.8, 4) is 5.69 Å². The molecule has 1 heterocycles. The van der Waals surface area contributed by atoms with Crippen molar-refractivity contribution in [3.05, 3.63) is 88.3 Å². The maximum atomic E-state index is 12.5. The SMILES string of the molecule is CNC(=O)Cc1ccc(NC(=O)c2ccc(=O)n(-c3ccccc3)n2)cc1. The second-order valence-electron chi connectivity index (χ2n) is 5.81. The zero-order chi connectivity index (χ0) is 19.2. The van der Waals surface area contributed by atoms with Gasteiger partial charge in [-0.1, -0.05) is 30.3 Å². The van der Waals surface area contributed by atoms with E-state index >= 15 is 0 Å². The summed E-state index contributed by atoms with van der Waals surface area (Å²) in [4.78, 5) is 35.9. The summed E-state index contributed by atoms with van der Waals surface area (Å²) >= 11 is 0. The molecule has 0 fully saturated rings. The van der Waals surface area contributed by atoms with Gasteiger partial charge in [-0.05, 0) is 35.9 Å². The first-order valence-electron chi connectivity index (χ1n) is 8.33. The van der Waals surface area contributed by atoms with Crippen molar-refractivity contribution in [2.75, 3.05) is 12.4 Å². The van der Waals surface area contributed by atoms with Crippen LogP contribution < -0.4 is 16.2 Å². The molecule has 0 aliphatic heterocycles. The molecule has 0 spiro atoms. The van der Waals surface area contributed by atoms with Crippen molar-refractivity contribution in [3.63, 3.8) is 0 Å². The Morgan fingerprint density at radius 3 is 2.33 bits per heavy atom. The average Bonchev–Trinajstić information content (AvgIpc) is 2.70. The fourth-order valence-electron chi connectivity index (χ4n) is 2.46. The minimum absolute atomic E-state index is 0.0841. The molecule has 0 atom stereocenters. The van der Waals surface area contributed by atoms with E-state index in [1.165, 1.54) is 16.8 Å². The van der Waals surface area contributed by atoms with Gasteiger partial charge < -0.3 is 10.6 Å². The molecule has 2 amide bonds. The molecule has 0 saturated carbocycles. The molecule has 2 N–H and O–H groups in total. The van der Waals surface area contributed by atoms with E-state index in [-0.39, 0.29) is 23.6 Å². The molecule has 136 valence electrons. The van der Waals surface area contributed by atoms with Crippen LogP contribution in [0.1, 0.15) is 16.1 Å². The second-order valence-corrected chi connectivity index (χ2v) is 5.81. The Bertz CT molecular complexity index is 1010. The van der Waals surface area contributed by atoms with E-state index in [0.717, 1.165) is 5.56 Å². The maximum absolute atomic E-state index is 12.5. The number of hydrogen-bond donors (Lipinski definition) is 2. The molecule has 0 saturated heterocycles. The Labute approximate surface area is 155 Å². The number of benzene rings is 2. The lowest BCUT2D eigenvalue weighted by Gasteiger charge is -2.08. The quantitative estimate of drug-likeness (QED) is 0.723. The molecule has 0 bridgehead atoms. The molecule has 7 nitrogen and oxygen atoms in total. The van der Waals surface area contributed by atoms with Crippen LogP contribution in [0, 0.1) is 0 Å². The number of carbonyl (C=O) groups is 2. The highest BCUT2D eigenvalue weighted by Gasteiger charge is 2.11. The summed E-state index contributed by atoms with van der Waals surface area (Å²) in [5.74, 6) is -0.516. The van der Waals surface area contributed by atoms with E-state index in [2.05, 4.69) is 15.7 Å². The summed E-state index contributed by atoms with van der Waals surface area (Å²) in [7, 11) is 1.58. The zero-order valence-electron chi connectivity index (χ0n) is 14.7. The van der Waals surface area contributed by atoms with E-state index < -0.39 is 5.91 Å². The Balaban J connectivity index is 1.77. The van der Waals surface area contributed by atoms with Crippen molar-refractivity contribution in [1.29, 1.82) is 0 Å². The van der Waals surface area contributed by atoms with Gasteiger partial charge in [0.05, 0.1) is 12.1 Å². The average molecular weight is 362 g/mol. The predicted molar refractivity (Wildman–Crippen MR) is 102 cm³/mol. The number of aromatic nitrogens is 2. The Morgan fingerprint density at radius 1 is 0.963 bits per heavy atom. The Hall–Kier alpha value is -3.74. The number of nitrogens with zero attached hydrogens (tertiary/aromatic N) is 2. The van der Waals surface area contributed by atoms with Gasteiger partial charge in [-0.15, -0.1) is 0 Å². The number of likely N-dealkylation sites (N-methyl/N-ethyl adjacent to an activating group) is 1. The number of para-hydroxylation sites is 1. The van der Waals surface area contributed by atoms with Crippen LogP contribution in [-0.2, 0) is 11.2 Å². The van der Waals surface area contributed by atoms with Crippen LogP contribution in [0.2, 0.25) is 0 Å². The monoisotopic (exact) mass is 362 g/mol. The molecule has 0 aliphatic carbocycles. The minimum atomic E-state index is -0.432. The lowest BCUT2D eigenvalue weighted by atomic mass is 10.1. The third kappa shape index (κ3) is 4.46. The van der Waals surface area contributed by atoms with E-state index in [4.69, 9.17) is 0 Å². The first-order valence-corrected chi connectivity index (χ1v) is 8.33. The summed E-state index contributed by atoms with van der Waals surface area (Å²) in [5, 5.41) is 9.44. The number of nitrogens with one attached hydrogen (secondary N) is 2. The number of carbonyl (C=O) groups excluding carboxylic acids is 2. The molecular weight excluding hydrogens is 344 g/mol. The van der Waals surface area contributed by atoms with Gasteiger partial charge in [0, 0.05) is 18.8 Å². The van der Waals surface area contributed by atoms with Gasteiger partial charge in [-0.3, -0.25) is 14.4 Å². The maximum Gasteiger partial charge on any atom is 0.276 e. The Morgan fingerprint density at radius 2 is 1.67 bits per heavy atom. The van der Waals surface area contributed by atoms with Crippen LogP contribution >= 0.6 is 0 Å². The number of hydrogen-bond acceptors (Lipinski definition) is 4. The van der Waals surface area contributed by atoms with Crippen LogP contribution in [0.5, 0.6) is 0 Å². The second kappa shape index (κ2) is 8.09.